The van der Waals surface area contributed by atoms with Crippen molar-refractivity contribution in [1.82, 2.24) is 5.32 Å². The molecule has 0 saturated carbocycles. The molecular formula is C12H14ClNO2. The van der Waals surface area contributed by atoms with Crippen molar-refractivity contribution in [2.45, 2.75) is 25.5 Å². The second kappa shape index (κ2) is 4.24. The van der Waals surface area contributed by atoms with Crippen LogP contribution in [0, 0.1) is 0 Å². The van der Waals surface area contributed by atoms with Crippen LogP contribution in [-0.4, -0.2) is 13.3 Å². The minimum absolute atomic E-state index is 0.339. The Morgan fingerprint density at radius 3 is 3.12 bits per heavy atom. The van der Waals surface area contributed by atoms with Gasteiger partial charge in [0.25, 0.3) is 0 Å². The molecule has 0 spiro atoms. The Hall–Kier alpha value is -0.770. The molecule has 16 heavy (non-hydrogen) atoms. The van der Waals surface area contributed by atoms with Gasteiger partial charge in [0, 0.05) is 16.6 Å². The summed E-state index contributed by atoms with van der Waals surface area (Å²) in [6.07, 6.45) is 2.34. The number of hydrogen-bond acceptors (Lipinski definition) is 3. The van der Waals surface area contributed by atoms with E-state index in [2.05, 4.69) is 5.32 Å². The minimum Gasteiger partial charge on any atom is -0.467 e. The zero-order valence-electron chi connectivity index (χ0n) is 8.96. The molecule has 0 aliphatic carbocycles. The lowest BCUT2D eigenvalue weighted by Gasteiger charge is -2.24. The molecule has 3 rings (SSSR count). The van der Waals surface area contributed by atoms with E-state index in [1.54, 1.807) is 0 Å². The third-order valence-corrected chi connectivity index (χ3v) is 3.54. The summed E-state index contributed by atoms with van der Waals surface area (Å²) in [5, 5.41) is 4.28. The average molecular weight is 240 g/mol. The first-order chi connectivity index (χ1) is 7.86. The summed E-state index contributed by atoms with van der Waals surface area (Å²) < 4.78 is 10.8. The van der Waals surface area contributed by atoms with Gasteiger partial charge in [0.15, 0.2) is 6.79 Å². The van der Waals surface area contributed by atoms with Crippen LogP contribution in [-0.2, 0) is 11.3 Å². The maximum atomic E-state index is 6.29. The van der Waals surface area contributed by atoms with Crippen LogP contribution in [0.4, 0.5) is 0 Å². The molecule has 0 radical (unpaired) electrons. The molecule has 0 bridgehead atoms. The number of rotatable bonds is 1. The van der Waals surface area contributed by atoms with Crippen molar-refractivity contribution >= 4 is 11.6 Å². The van der Waals surface area contributed by atoms with Gasteiger partial charge in [0.2, 0.25) is 0 Å². The smallest absolute Gasteiger partial charge is 0.189 e. The largest absolute Gasteiger partial charge is 0.467 e. The van der Waals surface area contributed by atoms with Crippen LogP contribution < -0.4 is 10.1 Å². The van der Waals surface area contributed by atoms with E-state index in [1.165, 1.54) is 6.42 Å². The maximum absolute atomic E-state index is 6.29. The van der Waals surface area contributed by atoms with Crippen LogP contribution in [0.3, 0.4) is 0 Å². The van der Waals surface area contributed by atoms with Crippen molar-refractivity contribution in [1.29, 1.82) is 0 Å². The molecule has 1 aromatic carbocycles. The topological polar surface area (TPSA) is 30.5 Å². The van der Waals surface area contributed by atoms with Gasteiger partial charge in [-0.05, 0) is 37.1 Å². The Morgan fingerprint density at radius 2 is 2.31 bits per heavy atom. The molecule has 3 nitrogen and oxygen atoms in total. The van der Waals surface area contributed by atoms with Gasteiger partial charge in [-0.25, -0.2) is 0 Å². The molecule has 1 unspecified atom stereocenters. The zero-order chi connectivity index (χ0) is 11.0. The Bertz CT molecular complexity index is 402. The molecule has 2 heterocycles. The van der Waals surface area contributed by atoms with Crippen molar-refractivity contribution in [2.75, 3.05) is 13.3 Å². The summed E-state index contributed by atoms with van der Waals surface area (Å²) in [7, 11) is 0. The molecule has 2 aliphatic heterocycles. The lowest BCUT2D eigenvalue weighted by atomic mass is 9.98. The number of fused-ring (bicyclic) bond motifs is 1. The molecule has 1 atom stereocenters. The van der Waals surface area contributed by atoms with E-state index < -0.39 is 0 Å². The van der Waals surface area contributed by atoms with E-state index in [1.807, 2.05) is 12.1 Å². The van der Waals surface area contributed by atoms with E-state index in [-0.39, 0.29) is 0 Å². The molecule has 0 aromatic heterocycles. The number of nitrogens with one attached hydrogen (secondary N) is 1. The Kier molecular flexibility index (Phi) is 2.75. The lowest BCUT2D eigenvalue weighted by molar-refractivity contribution is -0.0170. The van der Waals surface area contributed by atoms with Gasteiger partial charge in [-0.2, -0.15) is 0 Å². The molecule has 1 fully saturated rings. The molecule has 2 aliphatic rings. The van der Waals surface area contributed by atoms with Gasteiger partial charge in [-0.3, -0.25) is 0 Å². The fourth-order valence-electron chi connectivity index (χ4n) is 2.46. The Balaban J connectivity index is 2.06. The van der Waals surface area contributed by atoms with Gasteiger partial charge < -0.3 is 14.8 Å². The molecule has 1 N–H and O–H groups in total. The number of hydrogen-bond donors (Lipinski definition) is 1. The maximum Gasteiger partial charge on any atom is 0.189 e. The van der Waals surface area contributed by atoms with E-state index in [4.69, 9.17) is 21.1 Å². The van der Waals surface area contributed by atoms with Crippen LogP contribution >= 0.6 is 11.6 Å². The van der Waals surface area contributed by atoms with Crippen LogP contribution in [0.2, 0.25) is 5.02 Å². The molecular weight excluding hydrogens is 226 g/mol. The van der Waals surface area contributed by atoms with Gasteiger partial charge >= 0.3 is 0 Å². The molecule has 1 aromatic rings. The summed E-state index contributed by atoms with van der Waals surface area (Å²) in [5.41, 5.74) is 2.27. The highest BCUT2D eigenvalue weighted by molar-refractivity contribution is 6.31. The van der Waals surface area contributed by atoms with Crippen LogP contribution in [0.15, 0.2) is 12.1 Å². The summed E-state index contributed by atoms with van der Waals surface area (Å²) in [4.78, 5) is 0. The number of ether oxygens (including phenoxy) is 2. The highest BCUT2D eigenvalue weighted by atomic mass is 35.5. The summed E-state index contributed by atoms with van der Waals surface area (Å²) >= 11 is 6.29. The lowest BCUT2D eigenvalue weighted by Crippen LogP contribution is -2.19. The first kappa shape index (κ1) is 10.4. The van der Waals surface area contributed by atoms with Crippen LogP contribution in [0.25, 0.3) is 0 Å². The van der Waals surface area contributed by atoms with Gasteiger partial charge in [0.1, 0.15) is 5.75 Å². The van der Waals surface area contributed by atoms with E-state index in [0.717, 1.165) is 34.9 Å². The zero-order valence-corrected chi connectivity index (χ0v) is 9.72. The van der Waals surface area contributed by atoms with Gasteiger partial charge in [0.05, 0.1) is 6.61 Å². The predicted octanol–water partition coefficient (Wildman–Crippen LogP) is 2.63. The Morgan fingerprint density at radius 1 is 1.38 bits per heavy atom. The van der Waals surface area contributed by atoms with Crippen molar-refractivity contribution in [2.24, 2.45) is 0 Å². The second-order valence-corrected chi connectivity index (χ2v) is 4.60. The van der Waals surface area contributed by atoms with Crippen molar-refractivity contribution in [3.8, 4) is 5.75 Å². The third-order valence-electron chi connectivity index (χ3n) is 3.21. The average Bonchev–Trinajstić information content (AvgIpc) is 2.82. The molecule has 0 amide bonds. The molecule has 4 heteroatoms. The normalized spacial score (nSPS) is 23.9. The quantitative estimate of drug-likeness (QED) is 0.817. The van der Waals surface area contributed by atoms with Crippen molar-refractivity contribution in [3.05, 3.63) is 28.3 Å². The summed E-state index contributed by atoms with van der Waals surface area (Å²) in [6, 6.07) is 4.20. The summed E-state index contributed by atoms with van der Waals surface area (Å²) in [5.74, 6) is 0.916. The standard InChI is InChI=1S/C12H14ClNO2/c13-9-3-4-11-8(6-15-7-16-11)12(9)10-2-1-5-14-10/h3-4,10,14H,1-2,5-7H2. The fourth-order valence-corrected chi connectivity index (χ4v) is 2.77. The monoisotopic (exact) mass is 239 g/mol. The second-order valence-electron chi connectivity index (χ2n) is 4.20. The minimum atomic E-state index is 0.339. The molecule has 1 saturated heterocycles. The molecule has 86 valence electrons. The third kappa shape index (κ3) is 1.69. The summed E-state index contributed by atoms with van der Waals surface area (Å²) in [6.45, 7) is 2.00. The van der Waals surface area contributed by atoms with E-state index in [9.17, 15) is 0 Å². The van der Waals surface area contributed by atoms with E-state index in [0.29, 0.717) is 19.4 Å². The van der Waals surface area contributed by atoms with Crippen LogP contribution in [0.5, 0.6) is 5.75 Å². The van der Waals surface area contributed by atoms with Crippen molar-refractivity contribution < 1.29 is 9.47 Å². The van der Waals surface area contributed by atoms with Gasteiger partial charge in [-0.15, -0.1) is 0 Å². The fraction of sp³-hybridized carbons (Fsp3) is 0.500. The SMILES string of the molecule is Clc1ccc2c(c1C1CCCN1)COCO2. The predicted molar refractivity (Wildman–Crippen MR) is 61.7 cm³/mol. The highest BCUT2D eigenvalue weighted by Gasteiger charge is 2.25. The number of halogens is 1. The highest BCUT2D eigenvalue weighted by Crippen LogP contribution is 2.38. The Labute approximate surface area is 99.7 Å². The van der Waals surface area contributed by atoms with E-state index >= 15 is 0 Å². The number of benzene rings is 1. The van der Waals surface area contributed by atoms with Gasteiger partial charge in [-0.1, -0.05) is 11.6 Å². The first-order valence-corrected chi connectivity index (χ1v) is 5.99. The first-order valence-electron chi connectivity index (χ1n) is 5.61. The van der Waals surface area contributed by atoms with Crippen molar-refractivity contribution in [3.63, 3.8) is 0 Å². The van der Waals surface area contributed by atoms with Crippen LogP contribution in [0.1, 0.15) is 30.0 Å².